The zero-order chi connectivity index (χ0) is 11.8. The Hall–Kier alpha value is -1.41. The second kappa shape index (κ2) is 6.96. The summed E-state index contributed by atoms with van der Waals surface area (Å²) in [7, 11) is 0. The van der Waals surface area contributed by atoms with Crippen LogP contribution in [0.4, 0.5) is 0 Å². The highest BCUT2D eigenvalue weighted by Crippen LogP contribution is 2.04. The summed E-state index contributed by atoms with van der Waals surface area (Å²) >= 11 is 0. The molecule has 2 heteroatoms. The van der Waals surface area contributed by atoms with Crippen LogP contribution in [-0.4, -0.2) is 19.0 Å². The molecule has 0 aliphatic carbocycles. The number of ketones is 1. The molecule has 0 amide bonds. The molecule has 1 rings (SSSR count). The Labute approximate surface area is 96.9 Å². The summed E-state index contributed by atoms with van der Waals surface area (Å²) < 4.78 is 5.28. The van der Waals surface area contributed by atoms with Gasteiger partial charge in [0.15, 0.2) is 5.78 Å². The number of benzene rings is 1. The summed E-state index contributed by atoms with van der Waals surface area (Å²) in [6.45, 7) is 6.41. The molecule has 0 heterocycles. The van der Waals surface area contributed by atoms with Gasteiger partial charge in [-0.05, 0) is 19.8 Å². The topological polar surface area (TPSA) is 26.3 Å². The van der Waals surface area contributed by atoms with E-state index in [1.165, 1.54) is 0 Å². The zero-order valence-corrected chi connectivity index (χ0v) is 9.74. The van der Waals surface area contributed by atoms with Crippen molar-refractivity contribution in [2.45, 2.75) is 19.8 Å². The number of rotatable bonds is 7. The number of carbonyl (C=O) groups is 1. The third-order valence-corrected chi connectivity index (χ3v) is 2.30. The summed E-state index contributed by atoms with van der Waals surface area (Å²) in [5.74, 6) is 0.0404. The number of unbranched alkanes of at least 4 members (excludes halogenated alkanes) is 1. The van der Waals surface area contributed by atoms with Crippen molar-refractivity contribution in [2.75, 3.05) is 13.2 Å². The van der Waals surface area contributed by atoms with E-state index in [1.54, 1.807) is 0 Å². The fraction of sp³-hybridized carbons (Fsp3) is 0.357. The normalized spacial score (nSPS) is 10.1. The highest BCUT2D eigenvalue weighted by molar-refractivity contribution is 5.97. The fourth-order valence-electron chi connectivity index (χ4n) is 1.32. The average Bonchev–Trinajstić information content (AvgIpc) is 2.29. The largest absolute Gasteiger partial charge is 0.373 e. The molecule has 1 aromatic carbocycles. The van der Waals surface area contributed by atoms with E-state index in [9.17, 15) is 4.79 Å². The summed E-state index contributed by atoms with van der Waals surface area (Å²) in [6.07, 6.45) is 3.70. The zero-order valence-electron chi connectivity index (χ0n) is 9.74. The highest BCUT2D eigenvalue weighted by Gasteiger charge is 2.04. The number of Topliss-reactive ketones (excluding diaryl/α,β-unsaturated/α-hetero) is 1. The maximum atomic E-state index is 11.6. The molecule has 0 N–H and O–H groups in total. The summed E-state index contributed by atoms with van der Waals surface area (Å²) in [6, 6.07) is 7.55. The van der Waals surface area contributed by atoms with E-state index < -0.39 is 0 Å². The average molecular weight is 218 g/mol. The van der Waals surface area contributed by atoms with Gasteiger partial charge in [0, 0.05) is 12.2 Å². The lowest BCUT2D eigenvalue weighted by Crippen LogP contribution is -2.09. The van der Waals surface area contributed by atoms with Gasteiger partial charge in [-0.25, -0.2) is 0 Å². The van der Waals surface area contributed by atoms with Gasteiger partial charge in [-0.2, -0.15) is 0 Å². The Morgan fingerprint density at radius 3 is 2.69 bits per heavy atom. The molecule has 0 spiro atoms. The van der Waals surface area contributed by atoms with Crippen LogP contribution in [0.1, 0.15) is 28.8 Å². The van der Waals surface area contributed by atoms with Gasteiger partial charge in [-0.3, -0.25) is 4.79 Å². The molecule has 1 aromatic rings. The summed E-state index contributed by atoms with van der Waals surface area (Å²) in [5, 5.41) is 0. The SMILES string of the molecule is C=CCCCOCC(=O)c1ccc(C)cc1. The first-order chi connectivity index (χ1) is 7.74. The number of ether oxygens (including phenoxy) is 1. The minimum Gasteiger partial charge on any atom is -0.373 e. The van der Waals surface area contributed by atoms with Crippen LogP contribution in [0.15, 0.2) is 36.9 Å². The molecule has 0 atom stereocenters. The molecule has 0 unspecified atom stereocenters. The number of aryl methyl sites for hydroxylation is 1. The van der Waals surface area contributed by atoms with Crippen LogP contribution in [0.2, 0.25) is 0 Å². The van der Waals surface area contributed by atoms with Gasteiger partial charge in [0.05, 0.1) is 0 Å². The third-order valence-electron chi connectivity index (χ3n) is 2.30. The van der Waals surface area contributed by atoms with E-state index in [-0.39, 0.29) is 12.4 Å². The lowest BCUT2D eigenvalue weighted by Gasteiger charge is -2.03. The smallest absolute Gasteiger partial charge is 0.188 e. The Bertz CT molecular complexity index is 338. The van der Waals surface area contributed by atoms with Gasteiger partial charge in [-0.1, -0.05) is 35.9 Å². The first-order valence-electron chi connectivity index (χ1n) is 5.52. The van der Waals surface area contributed by atoms with E-state index in [0.29, 0.717) is 12.2 Å². The monoisotopic (exact) mass is 218 g/mol. The lowest BCUT2D eigenvalue weighted by molar-refractivity contribution is 0.0757. The number of carbonyl (C=O) groups excluding carboxylic acids is 1. The van der Waals surface area contributed by atoms with Crippen molar-refractivity contribution in [3.8, 4) is 0 Å². The Kier molecular flexibility index (Phi) is 5.51. The van der Waals surface area contributed by atoms with Crippen LogP contribution in [0.3, 0.4) is 0 Å². The number of hydrogen-bond donors (Lipinski definition) is 0. The molecular formula is C14H18O2. The minimum absolute atomic E-state index is 0.0404. The Morgan fingerprint density at radius 1 is 1.38 bits per heavy atom. The first kappa shape index (κ1) is 12.7. The molecule has 16 heavy (non-hydrogen) atoms. The van der Waals surface area contributed by atoms with Crippen molar-refractivity contribution in [3.05, 3.63) is 48.0 Å². The van der Waals surface area contributed by atoms with E-state index in [1.807, 2.05) is 37.3 Å². The third kappa shape index (κ3) is 4.41. The van der Waals surface area contributed by atoms with Crippen LogP contribution in [0, 0.1) is 6.92 Å². The van der Waals surface area contributed by atoms with E-state index in [4.69, 9.17) is 4.74 Å². The predicted molar refractivity (Wildman–Crippen MR) is 65.8 cm³/mol. The van der Waals surface area contributed by atoms with E-state index in [0.717, 1.165) is 18.4 Å². The second-order valence-corrected chi connectivity index (χ2v) is 3.77. The standard InChI is InChI=1S/C14H18O2/c1-3-4-5-10-16-11-14(15)13-8-6-12(2)7-9-13/h3,6-9H,1,4-5,10-11H2,2H3. The molecule has 86 valence electrons. The first-order valence-corrected chi connectivity index (χ1v) is 5.52. The van der Waals surface area contributed by atoms with Crippen LogP contribution in [-0.2, 0) is 4.74 Å². The highest BCUT2D eigenvalue weighted by atomic mass is 16.5. The van der Waals surface area contributed by atoms with Gasteiger partial charge in [-0.15, -0.1) is 6.58 Å². The molecule has 0 saturated carbocycles. The quantitative estimate of drug-likeness (QED) is 0.399. The van der Waals surface area contributed by atoms with Crippen molar-refractivity contribution < 1.29 is 9.53 Å². The molecular weight excluding hydrogens is 200 g/mol. The van der Waals surface area contributed by atoms with Crippen LogP contribution >= 0.6 is 0 Å². The van der Waals surface area contributed by atoms with Crippen LogP contribution < -0.4 is 0 Å². The van der Waals surface area contributed by atoms with Crippen molar-refractivity contribution in [1.29, 1.82) is 0 Å². The van der Waals surface area contributed by atoms with Gasteiger partial charge >= 0.3 is 0 Å². The van der Waals surface area contributed by atoms with Gasteiger partial charge < -0.3 is 4.74 Å². The molecule has 0 aliphatic rings. The number of allylic oxidation sites excluding steroid dienone is 1. The molecule has 0 bridgehead atoms. The molecule has 0 fully saturated rings. The van der Waals surface area contributed by atoms with Gasteiger partial charge in [0.1, 0.15) is 6.61 Å². The van der Waals surface area contributed by atoms with Crippen molar-refractivity contribution in [2.24, 2.45) is 0 Å². The Balaban J connectivity index is 2.29. The van der Waals surface area contributed by atoms with Crippen molar-refractivity contribution >= 4 is 5.78 Å². The molecule has 0 radical (unpaired) electrons. The maximum absolute atomic E-state index is 11.6. The summed E-state index contributed by atoms with van der Waals surface area (Å²) in [4.78, 5) is 11.6. The van der Waals surface area contributed by atoms with Gasteiger partial charge in [0.25, 0.3) is 0 Å². The van der Waals surface area contributed by atoms with Gasteiger partial charge in [0.2, 0.25) is 0 Å². The molecule has 0 aromatic heterocycles. The van der Waals surface area contributed by atoms with Crippen LogP contribution in [0.25, 0.3) is 0 Å². The van der Waals surface area contributed by atoms with Crippen LogP contribution in [0.5, 0.6) is 0 Å². The Morgan fingerprint density at radius 2 is 2.06 bits per heavy atom. The van der Waals surface area contributed by atoms with Crippen molar-refractivity contribution in [3.63, 3.8) is 0 Å². The van der Waals surface area contributed by atoms with E-state index >= 15 is 0 Å². The summed E-state index contributed by atoms with van der Waals surface area (Å²) in [5.41, 5.74) is 1.87. The van der Waals surface area contributed by atoms with Crippen molar-refractivity contribution in [1.82, 2.24) is 0 Å². The fourth-order valence-corrected chi connectivity index (χ4v) is 1.32. The minimum atomic E-state index is 0.0404. The molecule has 2 nitrogen and oxygen atoms in total. The number of hydrogen-bond acceptors (Lipinski definition) is 2. The molecule has 0 saturated heterocycles. The maximum Gasteiger partial charge on any atom is 0.188 e. The predicted octanol–water partition coefficient (Wildman–Crippen LogP) is 3.16. The molecule has 0 aliphatic heterocycles. The second-order valence-electron chi connectivity index (χ2n) is 3.77. The lowest BCUT2D eigenvalue weighted by atomic mass is 10.1. The van der Waals surface area contributed by atoms with E-state index in [2.05, 4.69) is 6.58 Å².